The van der Waals surface area contributed by atoms with Crippen molar-refractivity contribution in [2.24, 2.45) is 0 Å². The zero-order chi connectivity index (χ0) is 13.8. The van der Waals surface area contributed by atoms with Crippen LogP contribution in [0, 0.1) is 0 Å². The molecule has 0 saturated heterocycles. The van der Waals surface area contributed by atoms with Gasteiger partial charge in [-0.25, -0.2) is 14.6 Å². The van der Waals surface area contributed by atoms with Crippen molar-refractivity contribution in [3.05, 3.63) is 47.9 Å². The summed E-state index contributed by atoms with van der Waals surface area (Å²) in [6.45, 7) is 0. The number of nitrogens with zero attached hydrogens (tertiary/aromatic N) is 2. The predicted molar refractivity (Wildman–Crippen MR) is 62.5 cm³/mol. The lowest BCUT2D eigenvalue weighted by molar-refractivity contribution is 0.0682. The average Bonchev–Trinajstić information content (AvgIpc) is 2.39. The van der Waals surface area contributed by atoms with Gasteiger partial charge in [0.1, 0.15) is 5.75 Å². The van der Waals surface area contributed by atoms with Gasteiger partial charge in [0.25, 0.3) is 0 Å². The van der Waals surface area contributed by atoms with E-state index < -0.39 is 11.9 Å². The van der Waals surface area contributed by atoms with E-state index in [4.69, 9.17) is 14.9 Å². The first-order chi connectivity index (χ1) is 9.06. The lowest BCUT2D eigenvalue weighted by Gasteiger charge is -2.05. The molecule has 2 rings (SSSR count). The number of ether oxygens (including phenoxy) is 1. The summed E-state index contributed by atoms with van der Waals surface area (Å²) in [6, 6.07) is 5.52. The van der Waals surface area contributed by atoms with Gasteiger partial charge in [-0.2, -0.15) is 0 Å². The van der Waals surface area contributed by atoms with Crippen LogP contribution in [-0.2, 0) is 0 Å². The highest BCUT2D eigenvalue weighted by atomic mass is 16.5. The highest BCUT2D eigenvalue weighted by Gasteiger charge is 2.08. The van der Waals surface area contributed by atoms with Gasteiger partial charge in [0.15, 0.2) is 5.69 Å². The van der Waals surface area contributed by atoms with Crippen LogP contribution in [0.2, 0.25) is 0 Å². The van der Waals surface area contributed by atoms with Gasteiger partial charge in [-0.05, 0) is 12.1 Å². The van der Waals surface area contributed by atoms with Gasteiger partial charge in [0.2, 0.25) is 5.88 Å². The molecule has 2 heterocycles. The molecule has 2 N–H and O–H groups in total. The lowest BCUT2D eigenvalue weighted by Crippen LogP contribution is -2.01. The zero-order valence-corrected chi connectivity index (χ0v) is 9.48. The molecule has 96 valence electrons. The number of hydrogen-bond acceptors (Lipinski definition) is 5. The molecule has 0 bridgehead atoms. The van der Waals surface area contributed by atoms with Crippen molar-refractivity contribution in [2.45, 2.75) is 0 Å². The Bertz CT molecular complexity index is 586. The minimum Gasteiger partial charge on any atom is -0.478 e. The molecule has 0 aliphatic heterocycles. The van der Waals surface area contributed by atoms with Gasteiger partial charge < -0.3 is 14.9 Å². The number of aromatic nitrogens is 2. The molecule has 0 radical (unpaired) electrons. The van der Waals surface area contributed by atoms with Crippen molar-refractivity contribution in [1.29, 1.82) is 0 Å². The molecule has 0 aromatic carbocycles. The van der Waals surface area contributed by atoms with E-state index >= 15 is 0 Å². The summed E-state index contributed by atoms with van der Waals surface area (Å²) in [7, 11) is 0. The normalized spacial score (nSPS) is 9.89. The predicted octanol–water partition coefficient (Wildman–Crippen LogP) is 1.67. The Labute approximate surface area is 107 Å². The quantitative estimate of drug-likeness (QED) is 0.860. The van der Waals surface area contributed by atoms with Crippen molar-refractivity contribution in [2.75, 3.05) is 0 Å². The van der Waals surface area contributed by atoms with Crippen molar-refractivity contribution >= 4 is 11.9 Å². The number of rotatable bonds is 4. The largest absolute Gasteiger partial charge is 0.478 e. The van der Waals surface area contributed by atoms with E-state index in [2.05, 4.69) is 9.97 Å². The number of aromatic carboxylic acids is 2. The molecule has 2 aromatic heterocycles. The summed E-state index contributed by atoms with van der Waals surface area (Å²) in [5.41, 5.74) is -0.202. The second-order valence-corrected chi connectivity index (χ2v) is 3.48. The molecule has 0 unspecified atom stereocenters. The Balaban J connectivity index is 2.26. The SMILES string of the molecule is O=C(O)c1cncc(Oc2cccc(C(=O)O)n2)c1. The summed E-state index contributed by atoms with van der Waals surface area (Å²) < 4.78 is 5.26. The van der Waals surface area contributed by atoms with Crippen LogP contribution in [0.25, 0.3) is 0 Å². The Morgan fingerprint density at radius 2 is 1.89 bits per heavy atom. The number of carboxylic acids is 2. The first kappa shape index (κ1) is 12.5. The van der Waals surface area contributed by atoms with Crippen molar-refractivity contribution < 1.29 is 24.5 Å². The first-order valence-electron chi connectivity index (χ1n) is 5.13. The maximum Gasteiger partial charge on any atom is 0.354 e. The molecule has 0 aliphatic rings. The van der Waals surface area contributed by atoms with E-state index in [0.29, 0.717) is 0 Å². The molecule has 19 heavy (non-hydrogen) atoms. The van der Waals surface area contributed by atoms with Crippen LogP contribution in [0.15, 0.2) is 36.7 Å². The molecule has 0 aliphatic carbocycles. The van der Waals surface area contributed by atoms with Crippen LogP contribution >= 0.6 is 0 Å². The van der Waals surface area contributed by atoms with Crippen LogP contribution in [-0.4, -0.2) is 32.1 Å². The van der Waals surface area contributed by atoms with E-state index in [1.165, 1.54) is 36.7 Å². The van der Waals surface area contributed by atoms with E-state index in [1.807, 2.05) is 0 Å². The van der Waals surface area contributed by atoms with Gasteiger partial charge in [0.05, 0.1) is 11.8 Å². The third kappa shape index (κ3) is 3.03. The van der Waals surface area contributed by atoms with E-state index in [-0.39, 0.29) is 22.9 Å². The molecule has 0 fully saturated rings. The number of carbonyl (C=O) groups is 2. The molecule has 0 saturated carbocycles. The summed E-state index contributed by atoms with van der Waals surface area (Å²) in [6.07, 6.45) is 2.48. The van der Waals surface area contributed by atoms with Gasteiger partial charge in [-0.3, -0.25) is 4.98 Å². The van der Waals surface area contributed by atoms with Crippen LogP contribution < -0.4 is 4.74 Å². The molecular formula is C12H8N2O5. The monoisotopic (exact) mass is 260 g/mol. The van der Waals surface area contributed by atoms with Gasteiger partial charge in [-0.15, -0.1) is 0 Å². The third-order valence-electron chi connectivity index (χ3n) is 2.13. The second kappa shape index (κ2) is 5.13. The fourth-order valence-corrected chi connectivity index (χ4v) is 1.30. The summed E-state index contributed by atoms with van der Waals surface area (Å²) in [5.74, 6) is -2.10. The molecule has 2 aromatic rings. The molecule has 0 atom stereocenters. The number of carboxylic acid groups (broad SMARTS) is 2. The average molecular weight is 260 g/mol. The zero-order valence-electron chi connectivity index (χ0n) is 9.48. The Morgan fingerprint density at radius 3 is 2.58 bits per heavy atom. The summed E-state index contributed by atoms with van der Waals surface area (Å²) >= 11 is 0. The minimum atomic E-state index is -1.18. The second-order valence-electron chi connectivity index (χ2n) is 3.48. The number of pyridine rings is 2. The maximum absolute atomic E-state index is 10.8. The van der Waals surface area contributed by atoms with E-state index in [0.717, 1.165) is 0 Å². The van der Waals surface area contributed by atoms with Crippen molar-refractivity contribution in [3.63, 3.8) is 0 Å². The Morgan fingerprint density at radius 1 is 1.11 bits per heavy atom. The van der Waals surface area contributed by atoms with Gasteiger partial charge in [-0.1, -0.05) is 6.07 Å². The Hall–Kier alpha value is -2.96. The van der Waals surface area contributed by atoms with E-state index in [1.54, 1.807) is 0 Å². The van der Waals surface area contributed by atoms with Crippen LogP contribution in [0.3, 0.4) is 0 Å². The highest BCUT2D eigenvalue weighted by molar-refractivity contribution is 5.87. The standard InChI is InChI=1S/C12H8N2O5/c15-11(16)7-4-8(6-13-5-7)19-10-3-1-2-9(14-10)12(17)18/h1-6H,(H,15,16)(H,17,18). The highest BCUT2D eigenvalue weighted by Crippen LogP contribution is 2.19. The van der Waals surface area contributed by atoms with Crippen molar-refractivity contribution in [1.82, 2.24) is 9.97 Å². The third-order valence-corrected chi connectivity index (χ3v) is 2.13. The molecule has 7 heteroatoms. The van der Waals surface area contributed by atoms with Crippen LogP contribution in [0.4, 0.5) is 0 Å². The minimum absolute atomic E-state index is 0.0353. The first-order valence-corrected chi connectivity index (χ1v) is 5.13. The molecule has 0 spiro atoms. The van der Waals surface area contributed by atoms with E-state index in [9.17, 15) is 9.59 Å². The molecule has 7 nitrogen and oxygen atoms in total. The van der Waals surface area contributed by atoms with Crippen LogP contribution in [0.5, 0.6) is 11.6 Å². The fourth-order valence-electron chi connectivity index (χ4n) is 1.30. The molecular weight excluding hydrogens is 252 g/mol. The summed E-state index contributed by atoms with van der Waals surface area (Å²) in [4.78, 5) is 29.0. The van der Waals surface area contributed by atoms with Crippen molar-refractivity contribution in [3.8, 4) is 11.6 Å². The smallest absolute Gasteiger partial charge is 0.354 e. The fraction of sp³-hybridized carbons (Fsp3) is 0. The maximum atomic E-state index is 10.8. The molecule has 0 amide bonds. The van der Waals surface area contributed by atoms with Crippen LogP contribution in [0.1, 0.15) is 20.8 Å². The van der Waals surface area contributed by atoms with Gasteiger partial charge >= 0.3 is 11.9 Å². The topological polar surface area (TPSA) is 110 Å². The Kier molecular flexibility index (Phi) is 3.37. The van der Waals surface area contributed by atoms with Gasteiger partial charge in [0, 0.05) is 12.3 Å². The number of hydrogen-bond donors (Lipinski definition) is 2. The lowest BCUT2D eigenvalue weighted by atomic mass is 10.3. The summed E-state index contributed by atoms with van der Waals surface area (Å²) in [5, 5.41) is 17.6.